The first kappa shape index (κ1) is 25.4. The third kappa shape index (κ3) is 3.12. The van der Waals surface area contributed by atoms with E-state index in [1.807, 2.05) is 0 Å². The second kappa shape index (κ2) is 9.03. The molecule has 0 radical (unpaired) electrons. The van der Waals surface area contributed by atoms with E-state index in [0.717, 1.165) is 17.0 Å². The van der Waals surface area contributed by atoms with Gasteiger partial charge >= 0.3 is 0 Å². The van der Waals surface area contributed by atoms with Gasteiger partial charge < -0.3 is 8.97 Å². The molecule has 0 aliphatic carbocycles. The predicted octanol–water partition coefficient (Wildman–Crippen LogP) is 11.6. The highest BCUT2D eigenvalue weighted by molar-refractivity contribution is 6.37. The molecule has 4 heteroatoms. The van der Waals surface area contributed by atoms with Crippen LogP contribution in [0.1, 0.15) is 0 Å². The standard InChI is InChI=1S/C45H26N4/c1-2-13-28(14-3-1)47-36-19-9-6-16-30(36)34-25-41(46-26-40(34)47)49-39-24-35-31-17-7-10-20-37(31)48-38-21-11-8-18-32(38)43(45(35)48)42(39)33-23-22-27-12-4-5-15-29(27)44(33)49/h1-26H. The van der Waals surface area contributed by atoms with Crippen LogP contribution < -0.4 is 0 Å². The van der Waals surface area contributed by atoms with E-state index in [1.165, 1.54) is 87.0 Å². The molecule has 0 amide bonds. The van der Waals surface area contributed by atoms with E-state index < -0.39 is 0 Å². The zero-order chi connectivity index (χ0) is 31.8. The van der Waals surface area contributed by atoms with Crippen LogP contribution in [0.4, 0.5) is 0 Å². The largest absolute Gasteiger partial charge is 0.308 e. The topological polar surface area (TPSA) is 27.2 Å². The first-order chi connectivity index (χ1) is 24.3. The Balaban J connectivity index is 1.31. The molecule has 4 nitrogen and oxygen atoms in total. The molecule has 5 heterocycles. The van der Waals surface area contributed by atoms with Gasteiger partial charge in [-0.05, 0) is 47.9 Å². The van der Waals surface area contributed by atoms with E-state index in [-0.39, 0.29) is 0 Å². The molecule has 0 spiro atoms. The molecule has 12 aromatic rings. The molecule has 0 bridgehead atoms. The molecular weight excluding hydrogens is 597 g/mol. The molecular formula is C45H26N4. The van der Waals surface area contributed by atoms with E-state index in [0.29, 0.717) is 0 Å². The van der Waals surface area contributed by atoms with Gasteiger partial charge in [-0.3, -0.25) is 4.57 Å². The normalized spacial score (nSPS) is 12.5. The fourth-order valence-corrected chi connectivity index (χ4v) is 8.85. The van der Waals surface area contributed by atoms with Gasteiger partial charge in [-0.25, -0.2) is 4.98 Å². The minimum Gasteiger partial charge on any atom is -0.308 e. The molecule has 226 valence electrons. The van der Waals surface area contributed by atoms with Crippen LogP contribution in [0, 0.1) is 0 Å². The number of pyridine rings is 1. The lowest BCUT2D eigenvalue weighted by atomic mass is 10.0. The highest BCUT2D eigenvalue weighted by Crippen LogP contribution is 2.47. The van der Waals surface area contributed by atoms with Gasteiger partial charge in [0.2, 0.25) is 0 Å². The Morgan fingerprint density at radius 1 is 0.367 bits per heavy atom. The number of fused-ring (bicyclic) bond motifs is 15. The SMILES string of the molecule is c1ccc(-n2c3ccccc3c3cc(-n4c5cc6c7ccccc7n7c8ccccc8c(c5c5ccc8ccccc8c54)c67)ncc32)cc1. The minimum absolute atomic E-state index is 0.918. The summed E-state index contributed by atoms with van der Waals surface area (Å²) in [5.41, 5.74) is 9.54. The number of hydrogen-bond donors (Lipinski definition) is 0. The van der Waals surface area contributed by atoms with E-state index in [2.05, 4.69) is 171 Å². The molecule has 0 atom stereocenters. The van der Waals surface area contributed by atoms with E-state index >= 15 is 0 Å². The summed E-state index contributed by atoms with van der Waals surface area (Å²) in [6.07, 6.45) is 2.07. The number of hydrogen-bond acceptors (Lipinski definition) is 1. The molecule has 5 aromatic heterocycles. The second-order valence-corrected chi connectivity index (χ2v) is 13.2. The Morgan fingerprint density at radius 3 is 1.84 bits per heavy atom. The van der Waals surface area contributed by atoms with Gasteiger partial charge in [0.1, 0.15) is 5.82 Å². The summed E-state index contributed by atoms with van der Waals surface area (Å²) >= 11 is 0. The van der Waals surface area contributed by atoms with Crippen LogP contribution >= 0.6 is 0 Å². The fraction of sp³-hybridized carbons (Fsp3) is 0. The van der Waals surface area contributed by atoms with Crippen LogP contribution in [-0.4, -0.2) is 18.5 Å². The van der Waals surface area contributed by atoms with Gasteiger partial charge in [-0.2, -0.15) is 0 Å². The van der Waals surface area contributed by atoms with Crippen LogP contribution in [0.3, 0.4) is 0 Å². The summed E-state index contributed by atoms with van der Waals surface area (Å²) in [6, 6.07) is 55.1. The van der Waals surface area contributed by atoms with Crippen molar-refractivity contribution >= 4 is 92.5 Å². The molecule has 12 rings (SSSR count). The van der Waals surface area contributed by atoms with Gasteiger partial charge in [0.25, 0.3) is 0 Å². The average Bonchev–Trinajstić information content (AvgIpc) is 3.89. The van der Waals surface area contributed by atoms with E-state index in [4.69, 9.17) is 4.98 Å². The van der Waals surface area contributed by atoms with Crippen molar-refractivity contribution in [1.29, 1.82) is 0 Å². The van der Waals surface area contributed by atoms with Crippen molar-refractivity contribution in [2.24, 2.45) is 0 Å². The maximum atomic E-state index is 5.32. The molecule has 0 N–H and O–H groups in total. The van der Waals surface area contributed by atoms with Crippen LogP contribution in [0.5, 0.6) is 0 Å². The average molecular weight is 623 g/mol. The Morgan fingerprint density at radius 2 is 1.02 bits per heavy atom. The predicted molar refractivity (Wildman–Crippen MR) is 205 cm³/mol. The molecule has 0 unspecified atom stereocenters. The van der Waals surface area contributed by atoms with Crippen molar-refractivity contribution in [3.63, 3.8) is 0 Å². The number of benzene rings is 7. The molecule has 0 saturated heterocycles. The van der Waals surface area contributed by atoms with Crippen LogP contribution in [-0.2, 0) is 0 Å². The molecule has 0 aliphatic heterocycles. The quantitative estimate of drug-likeness (QED) is 0.188. The van der Waals surface area contributed by atoms with Crippen LogP contribution in [0.15, 0.2) is 158 Å². The lowest BCUT2D eigenvalue weighted by Crippen LogP contribution is -1.99. The Labute approximate surface area is 279 Å². The fourth-order valence-electron chi connectivity index (χ4n) is 8.85. The van der Waals surface area contributed by atoms with E-state index in [9.17, 15) is 0 Å². The number of rotatable bonds is 2. The summed E-state index contributed by atoms with van der Waals surface area (Å²) in [6.45, 7) is 0. The third-order valence-electron chi connectivity index (χ3n) is 10.8. The Bertz CT molecular complexity index is 3320. The zero-order valence-electron chi connectivity index (χ0n) is 26.3. The summed E-state index contributed by atoms with van der Waals surface area (Å²) in [7, 11) is 0. The first-order valence-electron chi connectivity index (χ1n) is 16.8. The van der Waals surface area contributed by atoms with Gasteiger partial charge in [-0.1, -0.05) is 109 Å². The van der Waals surface area contributed by atoms with Crippen molar-refractivity contribution in [2.75, 3.05) is 0 Å². The van der Waals surface area contributed by atoms with Gasteiger partial charge in [-0.15, -0.1) is 0 Å². The maximum absolute atomic E-state index is 5.32. The molecule has 0 aliphatic rings. The summed E-state index contributed by atoms with van der Waals surface area (Å²) in [5.74, 6) is 0.918. The van der Waals surface area contributed by atoms with Gasteiger partial charge in [0.05, 0.1) is 44.8 Å². The van der Waals surface area contributed by atoms with Gasteiger partial charge in [0, 0.05) is 54.2 Å². The second-order valence-electron chi connectivity index (χ2n) is 13.2. The lowest BCUT2D eigenvalue weighted by Gasteiger charge is -2.11. The van der Waals surface area contributed by atoms with Crippen molar-refractivity contribution in [2.45, 2.75) is 0 Å². The Hall–Kier alpha value is -6.65. The molecule has 0 saturated carbocycles. The highest BCUT2D eigenvalue weighted by atomic mass is 15.1. The number of aromatic nitrogens is 4. The van der Waals surface area contributed by atoms with Crippen molar-refractivity contribution in [3.05, 3.63) is 158 Å². The monoisotopic (exact) mass is 622 g/mol. The van der Waals surface area contributed by atoms with Crippen molar-refractivity contribution in [1.82, 2.24) is 18.5 Å². The highest BCUT2D eigenvalue weighted by Gasteiger charge is 2.25. The minimum atomic E-state index is 0.918. The summed E-state index contributed by atoms with van der Waals surface area (Å²) in [4.78, 5) is 5.32. The number of nitrogens with zero attached hydrogens (tertiary/aromatic N) is 4. The van der Waals surface area contributed by atoms with E-state index in [1.54, 1.807) is 0 Å². The van der Waals surface area contributed by atoms with Crippen LogP contribution in [0.25, 0.3) is 104 Å². The molecule has 7 aromatic carbocycles. The van der Waals surface area contributed by atoms with Crippen molar-refractivity contribution < 1.29 is 0 Å². The summed E-state index contributed by atoms with van der Waals surface area (Å²) < 4.78 is 7.24. The maximum Gasteiger partial charge on any atom is 0.138 e. The Kier molecular flexibility index (Phi) is 4.69. The number of para-hydroxylation sites is 4. The summed E-state index contributed by atoms with van der Waals surface area (Å²) in [5, 5.41) is 12.5. The first-order valence-corrected chi connectivity index (χ1v) is 16.8. The van der Waals surface area contributed by atoms with Crippen LogP contribution in [0.2, 0.25) is 0 Å². The lowest BCUT2D eigenvalue weighted by molar-refractivity contribution is 1.08. The smallest absolute Gasteiger partial charge is 0.138 e. The third-order valence-corrected chi connectivity index (χ3v) is 10.8. The van der Waals surface area contributed by atoms with Gasteiger partial charge in [0.15, 0.2) is 0 Å². The molecule has 49 heavy (non-hydrogen) atoms. The van der Waals surface area contributed by atoms with Crippen molar-refractivity contribution in [3.8, 4) is 11.5 Å². The molecule has 0 fully saturated rings. The zero-order valence-corrected chi connectivity index (χ0v) is 26.3.